The minimum Gasteiger partial charge on any atom is -0.479 e. The summed E-state index contributed by atoms with van der Waals surface area (Å²) in [5, 5.41) is 2.73. The molecular weight excluding hydrogens is 218 g/mol. The summed E-state index contributed by atoms with van der Waals surface area (Å²) in [5.41, 5.74) is 1.19. The summed E-state index contributed by atoms with van der Waals surface area (Å²) in [6.07, 6.45) is 0.847. The molecule has 0 unspecified atom stereocenters. The summed E-state index contributed by atoms with van der Waals surface area (Å²) in [6.45, 7) is 3.65. The molecule has 90 valence electrons. The Morgan fingerprint density at radius 1 is 1.47 bits per heavy atom. The second kappa shape index (κ2) is 4.57. The van der Waals surface area contributed by atoms with E-state index in [1.165, 1.54) is 0 Å². The van der Waals surface area contributed by atoms with E-state index >= 15 is 0 Å². The van der Waals surface area contributed by atoms with Gasteiger partial charge in [-0.2, -0.15) is 0 Å². The Morgan fingerprint density at radius 2 is 2.24 bits per heavy atom. The monoisotopic (exact) mass is 233 g/mol. The highest BCUT2D eigenvalue weighted by Crippen LogP contribution is 2.30. The van der Waals surface area contributed by atoms with Gasteiger partial charge >= 0.3 is 0 Å². The molecule has 0 fully saturated rings. The third kappa shape index (κ3) is 2.30. The lowest BCUT2D eigenvalue weighted by Crippen LogP contribution is -2.34. The largest absolute Gasteiger partial charge is 0.479 e. The molecule has 4 heteroatoms. The first kappa shape index (κ1) is 11.6. The molecule has 0 spiro atoms. The van der Waals surface area contributed by atoms with Crippen LogP contribution in [-0.4, -0.2) is 17.8 Å². The van der Waals surface area contributed by atoms with Crippen LogP contribution >= 0.6 is 0 Å². The fraction of sp³-hybridized carbons (Fsp3) is 0.385. The Hall–Kier alpha value is -1.84. The molecule has 2 rings (SSSR count). The maximum Gasteiger partial charge on any atom is 0.265 e. The number of hydrogen-bond acceptors (Lipinski definition) is 3. The molecule has 17 heavy (non-hydrogen) atoms. The lowest BCUT2D eigenvalue weighted by Gasteiger charge is -2.23. The van der Waals surface area contributed by atoms with Crippen molar-refractivity contribution in [1.29, 1.82) is 0 Å². The van der Waals surface area contributed by atoms with E-state index in [2.05, 4.69) is 5.32 Å². The number of carbonyl (C=O) groups is 2. The van der Waals surface area contributed by atoms with Crippen LogP contribution in [-0.2, 0) is 4.79 Å². The van der Waals surface area contributed by atoms with Crippen molar-refractivity contribution in [3.8, 4) is 5.75 Å². The molecule has 1 aliphatic heterocycles. The fourth-order valence-corrected chi connectivity index (χ4v) is 1.75. The number of ether oxygens (including phenoxy) is 1. The molecule has 0 aliphatic carbocycles. The van der Waals surface area contributed by atoms with E-state index in [-0.39, 0.29) is 11.7 Å². The highest BCUT2D eigenvalue weighted by Gasteiger charge is 2.24. The average Bonchev–Trinajstić information content (AvgIpc) is 2.30. The van der Waals surface area contributed by atoms with Gasteiger partial charge in [-0.25, -0.2) is 0 Å². The molecule has 0 radical (unpaired) electrons. The maximum absolute atomic E-state index is 11.7. The molecule has 1 heterocycles. The van der Waals surface area contributed by atoms with Crippen molar-refractivity contribution < 1.29 is 14.3 Å². The lowest BCUT2D eigenvalue weighted by molar-refractivity contribution is -0.122. The van der Waals surface area contributed by atoms with Crippen LogP contribution in [0, 0.1) is 0 Å². The smallest absolute Gasteiger partial charge is 0.265 e. The molecule has 0 bridgehead atoms. The molecule has 0 saturated heterocycles. The number of amides is 1. The van der Waals surface area contributed by atoms with Crippen LogP contribution in [0.1, 0.15) is 37.0 Å². The SMILES string of the molecule is CCCC(=O)c1ccc2c(c1)NC(=O)[C@@H](C)O2. The number of nitrogens with one attached hydrogen (secondary N) is 1. The van der Waals surface area contributed by atoms with Crippen LogP contribution in [0.5, 0.6) is 5.75 Å². The van der Waals surface area contributed by atoms with Gasteiger partial charge < -0.3 is 10.1 Å². The van der Waals surface area contributed by atoms with Gasteiger partial charge in [0.05, 0.1) is 5.69 Å². The number of carbonyl (C=O) groups excluding carboxylic acids is 2. The van der Waals surface area contributed by atoms with Crippen LogP contribution in [0.3, 0.4) is 0 Å². The van der Waals surface area contributed by atoms with Crippen LogP contribution in [0.4, 0.5) is 5.69 Å². The van der Waals surface area contributed by atoms with Gasteiger partial charge in [-0.15, -0.1) is 0 Å². The van der Waals surface area contributed by atoms with Crippen molar-refractivity contribution in [1.82, 2.24) is 0 Å². The first-order chi connectivity index (χ1) is 8.11. The number of rotatable bonds is 3. The van der Waals surface area contributed by atoms with Gasteiger partial charge in [0.2, 0.25) is 0 Å². The van der Waals surface area contributed by atoms with Gasteiger partial charge in [-0.3, -0.25) is 9.59 Å². The van der Waals surface area contributed by atoms with Crippen LogP contribution in [0.15, 0.2) is 18.2 Å². The standard InChI is InChI=1S/C13H15NO3/c1-3-4-11(15)9-5-6-12-10(7-9)14-13(16)8(2)17-12/h5-8H,3-4H2,1-2H3,(H,14,16)/t8-/m1/s1. The molecule has 0 aromatic heterocycles. The minimum absolute atomic E-state index is 0.0863. The Kier molecular flexibility index (Phi) is 3.13. The predicted octanol–water partition coefficient (Wildman–Crippen LogP) is 2.39. The van der Waals surface area contributed by atoms with E-state index in [1.54, 1.807) is 25.1 Å². The van der Waals surface area contributed by atoms with Crippen molar-refractivity contribution in [2.45, 2.75) is 32.8 Å². The third-order valence-electron chi connectivity index (χ3n) is 2.71. The van der Waals surface area contributed by atoms with Crippen LogP contribution in [0.2, 0.25) is 0 Å². The topological polar surface area (TPSA) is 55.4 Å². The quantitative estimate of drug-likeness (QED) is 0.815. The Bertz CT molecular complexity index is 468. The second-order valence-corrected chi connectivity index (χ2v) is 4.13. The Labute approximate surface area is 100.0 Å². The molecular formula is C13H15NO3. The van der Waals surface area contributed by atoms with E-state index in [1.807, 2.05) is 6.92 Å². The lowest BCUT2D eigenvalue weighted by atomic mass is 10.1. The van der Waals surface area contributed by atoms with Crippen molar-refractivity contribution in [2.75, 3.05) is 5.32 Å². The van der Waals surface area contributed by atoms with Crippen molar-refractivity contribution in [2.24, 2.45) is 0 Å². The number of anilines is 1. The van der Waals surface area contributed by atoms with E-state index in [0.29, 0.717) is 23.4 Å². The summed E-state index contributed by atoms with van der Waals surface area (Å²) < 4.78 is 5.42. The molecule has 1 aromatic rings. The number of benzene rings is 1. The van der Waals surface area contributed by atoms with Gasteiger partial charge in [-0.1, -0.05) is 6.92 Å². The highest BCUT2D eigenvalue weighted by atomic mass is 16.5. The van der Waals surface area contributed by atoms with Crippen LogP contribution in [0.25, 0.3) is 0 Å². The Balaban J connectivity index is 2.28. The zero-order valence-electron chi connectivity index (χ0n) is 9.95. The first-order valence-electron chi connectivity index (χ1n) is 5.76. The van der Waals surface area contributed by atoms with E-state index in [9.17, 15) is 9.59 Å². The molecule has 1 amide bonds. The number of ketones is 1. The molecule has 1 aliphatic rings. The number of fused-ring (bicyclic) bond motifs is 1. The fourth-order valence-electron chi connectivity index (χ4n) is 1.75. The van der Waals surface area contributed by atoms with Gasteiger partial charge in [0.15, 0.2) is 11.9 Å². The van der Waals surface area contributed by atoms with Crippen molar-refractivity contribution in [3.63, 3.8) is 0 Å². The summed E-state index contributed by atoms with van der Waals surface area (Å²) in [6, 6.07) is 5.15. The van der Waals surface area contributed by atoms with Gasteiger partial charge in [-0.05, 0) is 31.5 Å². The Morgan fingerprint density at radius 3 is 2.94 bits per heavy atom. The van der Waals surface area contributed by atoms with Crippen molar-refractivity contribution in [3.05, 3.63) is 23.8 Å². The van der Waals surface area contributed by atoms with E-state index in [4.69, 9.17) is 4.74 Å². The molecule has 4 nitrogen and oxygen atoms in total. The zero-order valence-corrected chi connectivity index (χ0v) is 9.95. The highest BCUT2D eigenvalue weighted by molar-refractivity contribution is 6.01. The zero-order chi connectivity index (χ0) is 12.4. The number of Topliss-reactive ketones (excluding diaryl/α,β-unsaturated/α-hetero) is 1. The maximum atomic E-state index is 11.7. The molecule has 1 aromatic carbocycles. The molecule has 0 saturated carbocycles. The predicted molar refractivity (Wildman–Crippen MR) is 64.4 cm³/mol. The third-order valence-corrected chi connectivity index (χ3v) is 2.71. The first-order valence-corrected chi connectivity index (χ1v) is 5.76. The molecule has 1 N–H and O–H groups in total. The normalized spacial score (nSPS) is 18.0. The summed E-state index contributed by atoms with van der Waals surface area (Å²) >= 11 is 0. The van der Waals surface area contributed by atoms with E-state index < -0.39 is 6.10 Å². The average molecular weight is 233 g/mol. The van der Waals surface area contributed by atoms with Crippen molar-refractivity contribution >= 4 is 17.4 Å². The minimum atomic E-state index is -0.486. The van der Waals surface area contributed by atoms with E-state index in [0.717, 1.165) is 6.42 Å². The second-order valence-electron chi connectivity index (χ2n) is 4.13. The number of hydrogen-bond donors (Lipinski definition) is 1. The summed E-state index contributed by atoms with van der Waals surface area (Å²) in [4.78, 5) is 23.2. The summed E-state index contributed by atoms with van der Waals surface area (Å²) in [7, 11) is 0. The van der Waals surface area contributed by atoms with Gasteiger partial charge in [0.25, 0.3) is 5.91 Å². The summed E-state index contributed by atoms with van der Waals surface area (Å²) in [5.74, 6) is 0.519. The van der Waals surface area contributed by atoms with Crippen LogP contribution < -0.4 is 10.1 Å². The van der Waals surface area contributed by atoms with Gasteiger partial charge in [0, 0.05) is 12.0 Å². The van der Waals surface area contributed by atoms with Gasteiger partial charge in [0.1, 0.15) is 5.75 Å². The molecule has 1 atom stereocenters.